The van der Waals surface area contributed by atoms with Crippen molar-refractivity contribution in [2.45, 2.75) is 65.2 Å². The van der Waals surface area contributed by atoms with Crippen LogP contribution in [0.25, 0.3) is 0 Å². The normalized spacial score (nSPS) is 10.6. The standard InChI is InChI=1S/C12H26N/c1-3-5-7-8-9-10-12-13-11-6-4-2/h12-13H,3-11H2,1-2H3. The van der Waals surface area contributed by atoms with Crippen LogP contribution in [0.3, 0.4) is 0 Å². The molecule has 1 nitrogen and oxygen atoms in total. The first-order valence-electron chi connectivity index (χ1n) is 5.96. The highest BCUT2D eigenvalue weighted by molar-refractivity contribution is 4.61. The lowest BCUT2D eigenvalue weighted by atomic mass is 10.1. The zero-order valence-corrected chi connectivity index (χ0v) is 9.44. The summed E-state index contributed by atoms with van der Waals surface area (Å²) in [5, 5.41) is 3.35. The summed E-state index contributed by atoms with van der Waals surface area (Å²) in [6.07, 6.45) is 10.8. The molecule has 0 amide bonds. The molecule has 0 rings (SSSR count). The molecule has 79 valence electrons. The van der Waals surface area contributed by atoms with Gasteiger partial charge >= 0.3 is 0 Å². The number of nitrogens with one attached hydrogen (secondary N) is 1. The maximum Gasteiger partial charge on any atom is 0.0221 e. The highest BCUT2D eigenvalue weighted by atomic mass is 14.8. The Morgan fingerprint density at radius 2 is 1.54 bits per heavy atom. The van der Waals surface area contributed by atoms with E-state index in [9.17, 15) is 0 Å². The second kappa shape index (κ2) is 12.0. The lowest BCUT2D eigenvalue weighted by Crippen LogP contribution is -2.10. The van der Waals surface area contributed by atoms with E-state index in [-0.39, 0.29) is 0 Å². The first-order chi connectivity index (χ1) is 6.41. The fourth-order valence-corrected chi connectivity index (χ4v) is 1.33. The van der Waals surface area contributed by atoms with Crippen LogP contribution in [0.5, 0.6) is 0 Å². The number of rotatable bonds is 10. The quantitative estimate of drug-likeness (QED) is 0.508. The second-order valence-electron chi connectivity index (χ2n) is 3.71. The van der Waals surface area contributed by atoms with Gasteiger partial charge in [-0.1, -0.05) is 52.4 Å². The van der Waals surface area contributed by atoms with Crippen molar-refractivity contribution in [2.24, 2.45) is 0 Å². The van der Waals surface area contributed by atoms with Crippen LogP contribution < -0.4 is 5.32 Å². The minimum atomic E-state index is 1.16. The molecule has 13 heavy (non-hydrogen) atoms. The van der Waals surface area contributed by atoms with Gasteiger partial charge in [0.2, 0.25) is 0 Å². The van der Waals surface area contributed by atoms with E-state index in [1.54, 1.807) is 0 Å². The van der Waals surface area contributed by atoms with Gasteiger partial charge in [0.05, 0.1) is 0 Å². The van der Waals surface area contributed by atoms with Crippen LogP contribution in [0.1, 0.15) is 65.2 Å². The number of hydrogen-bond donors (Lipinski definition) is 1. The highest BCUT2D eigenvalue weighted by Crippen LogP contribution is 2.05. The first-order valence-corrected chi connectivity index (χ1v) is 5.96. The topological polar surface area (TPSA) is 12.0 Å². The Balaban J connectivity index is 2.76. The maximum atomic E-state index is 3.35. The van der Waals surface area contributed by atoms with Crippen molar-refractivity contribution in [3.05, 3.63) is 6.54 Å². The van der Waals surface area contributed by atoms with Crippen molar-refractivity contribution >= 4 is 0 Å². The Bertz CT molecular complexity index is 71.2. The Kier molecular flexibility index (Phi) is 11.9. The van der Waals surface area contributed by atoms with E-state index in [1.165, 1.54) is 51.4 Å². The Labute approximate surface area is 84.3 Å². The predicted molar refractivity (Wildman–Crippen MR) is 60.6 cm³/mol. The van der Waals surface area contributed by atoms with Crippen molar-refractivity contribution in [3.63, 3.8) is 0 Å². The fourth-order valence-electron chi connectivity index (χ4n) is 1.33. The zero-order chi connectivity index (χ0) is 9.78. The molecule has 0 fully saturated rings. The van der Waals surface area contributed by atoms with Crippen molar-refractivity contribution in [2.75, 3.05) is 6.54 Å². The van der Waals surface area contributed by atoms with Crippen LogP contribution in [-0.2, 0) is 0 Å². The van der Waals surface area contributed by atoms with Crippen LogP contribution in [0.15, 0.2) is 0 Å². The van der Waals surface area contributed by atoms with Gasteiger partial charge in [-0.2, -0.15) is 0 Å². The number of hydrogen-bond acceptors (Lipinski definition) is 1. The molecule has 0 saturated carbocycles. The zero-order valence-electron chi connectivity index (χ0n) is 9.44. The van der Waals surface area contributed by atoms with Gasteiger partial charge in [0.1, 0.15) is 0 Å². The van der Waals surface area contributed by atoms with E-state index in [0.29, 0.717) is 0 Å². The van der Waals surface area contributed by atoms with Crippen LogP contribution in [0, 0.1) is 6.54 Å². The summed E-state index contributed by atoms with van der Waals surface area (Å²) in [5.74, 6) is 0. The molecule has 0 aromatic heterocycles. The van der Waals surface area contributed by atoms with Crippen molar-refractivity contribution in [1.82, 2.24) is 5.32 Å². The van der Waals surface area contributed by atoms with E-state index in [4.69, 9.17) is 0 Å². The molecule has 0 bridgehead atoms. The van der Waals surface area contributed by atoms with Crippen LogP contribution in [-0.4, -0.2) is 6.54 Å². The third-order valence-corrected chi connectivity index (χ3v) is 2.27. The highest BCUT2D eigenvalue weighted by Gasteiger charge is 1.90. The van der Waals surface area contributed by atoms with Gasteiger partial charge in [-0.3, -0.25) is 0 Å². The summed E-state index contributed by atoms with van der Waals surface area (Å²) in [6, 6.07) is 0. The van der Waals surface area contributed by atoms with Gasteiger partial charge in [0.15, 0.2) is 0 Å². The van der Waals surface area contributed by atoms with Crippen molar-refractivity contribution < 1.29 is 0 Å². The molecule has 0 aromatic carbocycles. The van der Waals surface area contributed by atoms with Gasteiger partial charge in [0.25, 0.3) is 0 Å². The van der Waals surface area contributed by atoms with Crippen LogP contribution >= 0.6 is 0 Å². The largest absolute Gasteiger partial charge is 0.312 e. The third kappa shape index (κ3) is 12.0. The monoisotopic (exact) mass is 184 g/mol. The first kappa shape index (κ1) is 13.0. The molecule has 1 heteroatoms. The van der Waals surface area contributed by atoms with E-state index < -0.39 is 0 Å². The third-order valence-electron chi connectivity index (χ3n) is 2.27. The molecule has 0 saturated heterocycles. The van der Waals surface area contributed by atoms with Gasteiger partial charge in [-0.25, -0.2) is 0 Å². The van der Waals surface area contributed by atoms with E-state index in [2.05, 4.69) is 25.7 Å². The molecule has 0 unspecified atom stereocenters. The Hall–Kier alpha value is -0.0400. The summed E-state index contributed by atoms with van der Waals surface area (Å²) < 4.78 is 0. The minimum Gasteiger partial charge on any atom is -0.312 e. The predicted octanol–water partition coefficient (Wildman–Crippen LogP) is 3.90. The molecule has 1 N–H and O–H groups in total. The van der Waals surface area contributed by atoms with E-state index in [1.807, 2.05) is 0 Å². The van der Waals surface area contributed by atoms with Crippen molar-refractivity contribution in [3.8, 4) is 0 Å². The molecule has 0 heterocycles. The smallest absolute Gasteiger partial charge is 0.0221 e. The van der Waals surface area contributed by atoms with Crippen LogP contribution in [0.4, 0.5) is 0 Å². The Morgan fingerprint density at radius 1 is 0.846 bits per heavy atom. The van der Waals surface area contributed by atoms with Crippen LogP contribution in [0.2, 0.25) is 0 Å². The maximum absolute atomic E-state index is 3.35. The lowest BCUT2D eigenvalue weighted by Gasteiger charge is -2.02. The molecule has 0 spiro atoms. The summed E-state index contributed by atoms with van der Waals surface area (Å²) >= 11 is 0. The Morgan fingerprint density at radius 3 is 2.23 bits per heavy atom. The molecular weight excluding hydrogens is 158 g/mol. The average Bonchev–Trinajstić information content (AvgIpc) is 2.16. The van der Waals surface area contributed by atoms with Gasteiger partial charge in [-0.15, -0.1) is 0 Å². The molecule has 0 atom stereocenters. The number of unbranched alkanes of at least 4 members (excludes halogenated alkanes) is 6. The summed E-state index contributed by atoms with van der Waals surface area (Å²) in [4.78, 5) is 0. The average molecular weight is 184 g/mol. The SMILES string of the molecule is CCCCCCC[CH]NCCCC. The molecule has 0 aromatic rings. The molecule has 1 radical (unpaired) electrons. The molecular formula is C12H26N. The minimum absolute atomic E-state index is 1.16. The van der Waals surface area contributed by atoms with E-state index >= 15 is 0 Å². The second-order valence-corrected chi connectivity index (χ2v) is 3.71. The molecule has 0 aliphatic rings. The summed E-state index contributed by atoms with van der Waals surface area (Å²) in [7, 11) is 0. The van der Waals surface area contributed by atoms with Gasteiger partial charge < -0.3 is 5.32 Å². The molecule has 0 aliphatic heterocycles. The fraction of sp³-hybridized carbons (Fsp3) is 0.917. The van der Waals surface area contributed by atoms with Gasteiger partial charge in [0, 0.05) is 6.54 Å². The van der Waals surface area contributed by atoms with Gasteiger partial charge in [-0.05, 0) is 19.4 Å². The van der Waals surface area contributed by atoms with E-state index in [0.717, 1.165) is 6.54 Å². The lowest BCUT2D eigenvalue weighted by molar-refractivity contribution is 0.603. The summed E-state index contributed by atoms with van der Waals surface area (Å²) in [6.45, 7) is 7.89. The van der Waals surface area contributed by atoms with Crippen molar-refractivity contribution in [1.29, 1.82) is 0 Å². The summed E-state index contributed by atoms with van der Waals surface area (Å²) in [5.41, 5.74) is 0. The molecule has 0 aliphatic carbocycles.